The first-order valence-electron chi connectivity index (χ1n) is 11.0. The summed E-state index contributed by atoms with van der Waals surface area (Å²) in [6.45, 7) is 14.3. The number of rotatable bonds is 3. The molecule has 1 unspecified atom stereocenters. The van der Waals surface area contributed by atoms with E-state index >= 15 is 0 Å². The number of amides is 1. The summed E-state index contributed by atoms with van der Waals surface area (Å²) in [4.78, 5) is 20.4. The molecule has 0 bridgehead atoms. The zero-order valence-electron chi connectivity index (χ0n) is 19.2. The van der Waals surface area contributed by atoms with E-state index in [0.717, 1.165) is 29.8 Å². The second-order valence-corrected chi connectivity index (χ2v) is 10.3. The number of carbonyl (C=O) groups excluding carboxylic acids is 1. The Morgan fingerprint density at radius 2 is 2.00 bits per heavy atom. The van der Waals surface area contributed by atoms with Crippen molar-refractivity contribution in [3.05, 3.63) is 63.6 Å². The monoisotopic (exact) mass is 433 g/mol. The van der Waals surface area contributed by atoms with E-state index in [4.69, 9.17) is 0 Å². The van der Waals surface area contributed by atoms with Crippen LogP contribution >= 0.6 is 11.8 Å². The summed E-state index contributed by atoms with van der Waals surface area (Å²) >= 11 is 1.40. The molecule has 2 aromatic carbocycles. The molecule has 1 atom stereocenters. The van der Waals surface area contributed by atoms with Crippen molar-refractivity contribution in [2.24, 2.45) is 4.99 Å². The number of hydrogen-bond donors (Lipinski definition) is 1. The van der Waals surface area contributed by atoms with Gasteiger partial charge in [0, 0.05) is 17.8 Å². The molecule has 0 saturated carbocycles. The Kier molecular flexibility index (Phi) is 5.73. The van der Waals surface area contributed by atoms with Crippen LogP contribution in [0.1, 0.15) is 62.3 Å². The van der Waals surface area contributed by atoms with Crippen molar-refractivity contribution in [2.75, 3.05) is 11.4 Å². The molecule has 4 rings (SSSR count). The van der Waals surface area contributed by atoms with Gasteiger partial charge in [-0.05, 0) is 99.7 Å². The smallest absolute Gasteiger partial charge is 0.264 e. The normalized spacial score (nSPS) is 22.7. The van der Waals surface area contributed by atoms with Crippen LogP contribution in [0.25, 0.3) is 6.08 Å². The molecule has 162 valence electrons. The van der Waals surface area contributed by atoms with Crippen LogP contribution in [0.3, 0.4) is 0 Å². The Balaban J connectivity index is 1.62. The minimum Gasteiger partial charge on any atom is -0.366 e. The van der Waals surface area contributed by atoms with Crippen molar-refractivity contribution in [3.8, 4) is 0 Å². The molecule has 2 heterocycles. The first-order valence-corrected chi connectivity index (χ1v) is 11.8. The number of anilines is 1. The summed E-state index contributed by atoms with van der Waals surface area (Å²) in [7, 11) is 0. The van der Waals surface area contributed by atoms with Crippen LogP contribution in [-0.4, -0.2) is 23.2 Å². The lowest BCUT2D eigenvalue weighted by Crippen LogP contribution is -2.48. The van der Waals surface area contributed by atoms with Crippen molar-refractivity contribution in [2.45, 2.75) is 59.4 Å². The number of hydrogen-bond acceptors (Lipinski definition) is 4. The second-order valence-electron chi connectivity index (χ2n) is 9.25. The van der Waals surface area contributed by atoms with E-state index in [9.17, 15) is 4.79 Å². The van der Waals surface area contributed by atoms with Gasteiger partial charge in [-0.25, -0.2) is 4.99 Å². The second kappa shape index (κ2) is 8.19. The van der Waals surface area contributed by atoms with Gasteiger partial charge < -0.3 is 10.2 Å². The lowest BCUT2D eigenvalue weighted by Gasteiger charge is -2.47. The molecular weight excluding hydrogens is 402 g/mol. The highest BCUT2D eigenvalue weighted by Gasteiger charge is 2.35. The van der Waals surface area contributed by atoms with Crippen LogP contribution in [0.2, 0.25) is 0 Å². The zero-order chi connectivity index (χ0) is 22.3. The lowest BCUT2D eigenvalue weighted by atomic mass is 9.79. The third-order valence-corrected chi connectivity index (χ3v) is 7.16. The van der Waals surface area contributed by atoms with Crippen LogP contribution in [0.5, 0.6) is 0 Å². The van der Waals surface area contributed by atoms with Crippen molar-refractivity contribution in [3.63, 3.8) is 0 Å². The number of aliphatic imine (C=N–C) groups is 1. The summed E-state index contributed by atoms with van der Waals surface area (Å²) in [5, 5.41) is 3.54. The van der Waals surface area contributed by atoms with Gasteiger partial charge in [0.15, 0.2) is 5.17 Å². The number of nitrogens with one attached hydrogen (secondary N) is 1. The maximum Gasteiger partial charge on any atom is 0.264 e. The lowest BCUT2D eigenvalue weighted by molar-refractivity contribution is -0.115. The summed E-state index contributed by atoms with van der Waals surface area (Å²) in [6, 6.07) is 12.7. The van der Waals surface area contributed by atoms with Gasteiger partial charge in [0.25, 0.3) is 5.91 Å². The molecule has 0 aliphatic carbocycles. The molecule has 2 aromatic rings. The van der Waals surface area contributed by atoms with Crippen molar-refractivity contribution >= 4 is 40.3 Å². The SMILES string of the molecule is CCN1c2ccc(/C=C3/SC(=Nc4ccc(C)cc4C)NC3=O)cc2C(C)CC1(C)C. The standard InChI is InChI=1S/C26H31N3OS/c1-7-29-22-11-9-19(13-20(22)18(4)15-26(29,5)6)14-23-24(30)28-25(31-23)27-21-10-8-16(2)12-17(21)3/h8-14,18H,7,15H2,1-6H3,(H,27,28,30)/b23-14+. The Morgan fingerprint density at radius 1 is 1.23 bits per heavy atom. The number of carbonyl (C=O) groups is 1. The van der Waals surface area contributed by atoms with Crippen LogP contribution in [0.15, 0.2) is 46.3 Å². The van der Waals surface area contributed by atoms with Crippen molar-refractivity contribution in [1.82, 2.24) is 5.32 Å². The Bertz CT molecular complexity index is 1100. The van der Waals surface area contributed by atoms with Crippen molar-refractivity contribution < 1.29 is 4.79 Å². The first-order chi connectivity index (χ1) is 14.7. The van der Waals surface area contributed by atoms with Crippen LogP contribution in [0, 0.1) is 13.8 Å². The average molecular weight is 434 g/mol. The fraction of sp³-hybridized carbons (Fsp3) is 0.385. The topological polar surface area (TPSA) is 44.7 Å². The highest BCUT2D eigenvalue weighted by molar-refractivity contribution is 8.18. The summed E-state index contributed by atoms with van der Waals surface area (Å²) in [5.74, 6) is 0.397. The van der Waals surface area contributed by atoms with Gasteiger partial charge in [-0.15, -0.1) is 0 Å². The molecule has 1 fully saturated rings. The van der Waals surface area contributed by atoms with Crippen molar-refractivity contribution in [1.29, 1.82) is 0 Å². The largest absolute Gasteiger partial charge is 0.366 e. The molecule has 0 spiro atoms. The highest BCUT2D eigenvalue weighted by atomic mass is 32.2. The number of fused-ring (bicyclic) bond motifs is 1. The first kappa shape index (κ1) is 21.7. The van der Waals surface area contributed by atoms with E-state index in [1.807, 2.05) is 25.1 Å². The maximum absolute atomic E-state index is 12.6. The quantitative estimate of drug-likeness (QED) is 0.577. The summed E-state index contributed by atoms with van der Waals surface area (Å²) in [6.07, 6.45) is 3.10. The maximum atomic E-state index is 12.6. The van der Waals surface area contributed by atoms with Gasteiger partial charge in [0.1, 0.15) is 0 Å². The van der Waals surface area contributed by atoms with Crippen LogP contribution < -0.4 is 10.2 Å². The van der Waals surface area contributed by atoms with Gasteiger partial charge in [0.2, 0.25) is 0 Å². The molecule has 1 N–H and O–H groups in total. The Morgan fingerprint density at radius 3 is 2.71 bits per heavy atom. The predicted molar refractivity (Wildman–Crippen MR) is 133 cm³/mol. The Hall–Kier alpha value is -2.53. The van der Waals surface area contributed by atoms with Gasteiger partial charge in [-0.3, -0.25) is 4.79 Å². The number of aryl methyl sites for hydroxylation is 2. The van der Waals surface area contributed by atoms with E-state index in [0.29, 0.717) is 16.0 Å². The van der Waals surface area contributed by atoms with Crippen LogP contribution in [-0.2, 0) is 4.79 Å². The third-order valence-electron chi connectivity index (χ3n) is 6.25. The molecule has 5 heteroatoms. The molecule has 2 aliphatic heterocycles. The number of thioether (sulfide) groups is 1. The van der Waals surface area contributed by atoms with E-state index in [-0.39, 0.29) is 11.4 Å². The molecule has 4 nitrogen and oxygen atoms in total. The minimum absolute atomic E-state index is 0.0874. The fourth-order valence-electron chi connectivity index (χ4n) is 4.87. The molecule has 2 aliphatic rings. The van der Waals surface area contributed by atoms with Gasteiger partial charge >= 0.3 is 0 Å². The number of nitrogens with zero attached hydrogens (tertiary/aromatic N) is 2. The van der Waals surface area contributed by atoms with Gasteiger partial charge in [0.05, 0.1) is 10.6 Å². The van der Waals surface area contributed by atoms with E-state index in [1.165, 1.54) is 28.6 Å². The van der Waals surface area contributed by atoms with E-state index < -0.39 is 0 Å². The summed E-state index contributed by atoms with van der Waals surface area (Å²) in [5.41, 5.74) is 7.09. The number of benzene rings is 2. The predicted octanol–water partition coefficient (Wildman–Crippen LogP) is 6.31. The third kappa shape index (κ3) is 4.29. The van der Waals surface area contributed by atoms with Gasteiger partial charge in [-0.1, -0.05) is 30.7 Å². The number of amidine groups is 1. The van der Waals surface area contributed by atoms with Crippen LogP contribution in [0.4, 0.5) is 11.4 Å². The molecule has 31 heavy (non-hydrogen) atoms. The van der Waals surface area contributed by atoms with Gasteiger partial charge in [-0.2, -0.15) is 0 Å². The highest BCUT2D eigenvalue weighted by Crippen LogP contribution is 2.43. The minimum atomic E-state index is -0.0874. The fourth-order valence-corrected chi connectivity index (χ4v) is 5.70. The molecule has 1 amide bonds. The Labute approximate surface area is 189 Å². The molecule has 1 saturated heterocycles. The molecule has 0 aromatic heterocycles. The average Bonchev–Trinajstić information content (AvgIpc) is 3.03. The summed E-state index contributed by atoms with van der Waals surface area (Å²) < 4.78 is 0. The molecule has 0 radical (unpaired) electrons. The molecular formula is C26H31N3OS. The van der Waals surface area contributed by atoms with E-state index in [1.54, 1.807) is 0 Å². The zero-order valence-corrected chi connectivity index (χ0v) is 20.1. The van der Waals surface area contributed by atoms with E-state index in [2.05, 4.69) is 74.1 Å².